The number of thioether (sulfide) groups is 1. The maximum Gasteiger partial charge on any atom is 0.0621 e. The molecule has 0 spiro atoms. The number of hydrogen-bond donors (Lipinski definition) is 1. The van der Waals surface area contributed by atoms with Gasteiger partial charge in [-0.3, -0.25) is 4.98 Å². The predicted octanol–water partition coefficient (Wildman–Crippen LogP) is 3.40. The number of aromatic nitrogens is 1. The minimum Gasteiger partial charge on any atom is -0.327 e. The Hall–Kier alpha value is -1.32. The highest BCUT2D eigenvalue weighted by Gasteiger charge is 2.17. The van der Waals surface area contributed by atoms with E-state index >= 15 is 0 Å². The van der Waals surface area contributed by atoms with E-state index in [1.165, 1.54) is 5.56 Å². The highest BCUT2D eigenvalue weighted by atomic mass is 32.2. The molecule has 0 saturated carbocycles. The average Bonchev–Trinajstić information content (AvgIpc) is 2.41. The first kappa shape index (κ1) is 13.1. The van der Waals surface area contributed by atoms with E-state index in [0.717, 1.165) is 11.4 Å². The first-order valence-corrected chi connectivity index (χ1v) is 7.14. The van der Waals surface area contributed by atoms with Crippen molar-refractivity contribution in [1.82, 2.24) is 4.98 Å². The zero-order chi connectivity index (χ0) is 12.8. The van der Waals surface area contributed by atoms with Crippen LogP contribution in [0.5, 0.6) is 0 Å². The fourth-order valence-corrected chi connectivity index (χ4v) is 2.99. The van der Waals surface area contributed by atoms with Crippen molar-refractivity contribution in [1.29, 1.82) is 0 Å². The maximum absolute atomic E-state index is 6.07. The van der Waals surface area contributed by atoms with Crippen molar-refractivity contribution < 1.29 is 0 Å². The third-order valence-corrected chi connectivity index (χ3v) is 4.26. The Morgan fingerprint density at radius 3 is 2.44 bits per heavy atom. The van der Waals surface area contributed by atoms with Crippen molar-refractivity contribution in [3.05, 3.63) is 66.0 Å². The molecule has 2 N–H and O–H groups in total. The van der Waals surface area contributed by atoms with Crippen LogP contribution < -0.4 is 5.73 Å². The lowest BCUT2D eigenvalue weighted by atomic mass is 10.2. The molecule has 0 bridgehead atoms. The second-order valence-electron chi connectivity index (χ2n) is 4.33. The van der Waals surface area contributed by atoms with Crippen LogP contribution in [0.3, 0.4) is 0 Å². The zero-order valence-electron chi connectivity index (χ0n) is 10.5. The second-order valence-corrected chi connectivity index (χ2v) is 5.46. The van der Waals surface area contributed by atoms with Gasteiger partial charge in [-0.15, -0.1) is 11.8 Å². The fourth-order valence-electron chi connectivity index (χ4n) is 1.81. The van der Waals surface area contributed by atoms with Gasteiger partial charge in [0.2, 0.25) is 0 Å². The molecule has 0 aliphatic carbocycles. The van der Waals surface area contributed by atoms with Crippen LogP contribution in [-0.2, 0) is 5.75 Å². The molecule has 1 aromatic carbocycles. The van der Waals surface area contributed by atoms with Gasteiger partial charge in [-0.25, -0.2) is 0 Å². The lowest BCUT2D eigenvalue weighted by molar-refractivity contribution is 0.705. The lowest BCUT2D eigenvalue weighted by Gasteiger charge is -2.19. The minimum absolute atomic E-state index is 0.0913. The van der Waals surface area contributed by atoms with Crippen LogP contribution in [0, 0.1) is 0 Å². The number of benzene rings is 1. The number of nitrogens with two attached hydrogens (primary N) is 1. The molecule has 0 saturated heterocycles. The van der Waals surface area contributed by atoms with Crippen molar-refractivity contribution in [2.45, 2.75) is 24.0 Å². The molecule has 1 heterocycles. The zero-order valence-corrected chi connectivity index (χ0v) is 11.3. The Bertz CT molecular complexity index is 456. The molecule has 2 nitrogen and oxygen atoms in total. The Balaban J connectivity index is 2.04. The molecule has 2 unspecified atom stereocenters. The number of rotatable bonds is 5. The molecule has 0 aliphatic heterocycles. The molecule has 2 aromatic rings. The second kappa shape index (κ2) is 6.57. The first-order chi connectivity index (χ1) is 8.77. The molecule has 0 radical (unpaired) electrons. The van der Waals surface area contributed by atoms with Crippen molar-refractivity contribution >= 4 is 11.8 Å². The Morgan fingerprint density at radius 2 is 1.83 bits per heavy atom. The third kappa shape index (κ3) is 3.59. The van der Waals surface area contributed by atoms with E-state index in [2.05, 4.69) is 29.2 Å². The smallest absolute Gasteiger partial charge is 0.0621 e. The molecule has 1 aromatic heterocycles. The van der Waals surface area contributed by atoms with Crippen molar-refractivity contribution in [3.8, 4) is 0 Å². The summed E-state index contributed by atoms with van der Waals surface area (Å²) in [5.74, 6) is 0.962. The largest absolute Gasteiger partial charge is 0.327 e. The van der Waals surface area contributed by atoms with E-state index in [9.17, 15) is 0 Å². The van der Waals surface area contributed by atoms with Crippen molar-refractivity contribution in [2.75, 3.05) is 0 Å². The van der Waals surface area contributed by atoms with E-state index < -0.39 is 0 Å². The molecular weight excluding hydrogens is 240 g/mol. The van der Waals surface area contributed by atoms with Gasteiger partial charge in [0.1, 0.15) is 0 Å². The van der Waals surface area contributed by atoms with Gasteiger partial charge < -0.3 is 5.73 Å². The normalized spacial score (nSPS) is 14.1. The molecule has 0 aliphatic rings. The van der Waals surface area contributed by atoms with Crippen LogP contribution >= 0.6 is 11.8 Å². The van der Waals surface area contributed by atoms with E-state index in [4.69, 9.17) is 5.73 Å². The van der Waals surface area contributed by atoms with Gasteiger partial charge in [-0.05, 0) is 24.6 Å². The Morgan fingerprint density at radius 1 is 1.11 bits per heavy atom. The predicted molar refractivity (Wildman–Crippen MR) is 78.4 cm³/mol. The minimum atomic E-state index is 0.0913. The Labute approximate surface area is 113 Å². The number of hydrogen-bond acceptors (Lipinski definition) is 3. The van der Waals surface area contributed by atoms with Gasteiger partial charge in [0, 0.05) is 18.0 Å². The topological polar surface area (TPSA) is 38.9 Å². The van der Waals surface area contributed by atoms with Gasteiger partial charge in [0.15, 0.2) is 0 Å². The summed E-state index contributed by atoms with van der Waals surface area (Å²) in [7, 11) is 0. The standard InChI is InChI=1S/C15H18N2S/c1-12(16)15(14-9-5-6-10-17-14)18-11-13-7-3-2-4-8-13/h2-10,12,15H,11,16H2,1H3. The Kier molecular flexibility index (Phi) is 4.79. The fraction of sp³-hybridized carbons (Fsp3) is 0.267. The molecular formula is C15H18N2S. The molecule has 2 atom stereocenters. The summed E-state index contributed by atoms with van der Waals surface area (Å²) in [4.78, 5) is 4.41. The van der Waals surface area contributed by atoms with Crippen LogP contribution in [0.1, 0.15) is 23.4 Å². The molecule has 2 rings (SSSR count). The summed E-state index contributed by atoms with van der Waals surface area (Å²) in [6.07, 6.45) is 1.83. The summed E-state index contributed by atoms with van der Waals surface area (Å²) < 4.78 is 0. The highest BCUT2D eigenvalue weighted by molar-refractivity contribution is 7.98. The van der Waals surface area contributed by atoms with Crippen LogP contribution in [0.2, 0.25) is 0 Å². The summed E-state index contributed by atoms with van der Waals surface area (Å²) in [5.41, 5.74) is 8.46. The van der Waals surface area contributed by atoms with E-state index in [1.807, 2.05) is 49.1 Å². The quantitative estimate of drug-likeness (QED) is 0.893. The van der Waals surface area contributed by atoms with E-state index in [1.54, 1.807) is 0 Å². The van der Waals surface area contributed by atoms with Crippen molar-refractivity contribution in [2.24, 2.45) is 5.73 Å². The summed E-state index contributed by atoms with van der Waals surface area (Å²) in [6.45, 7) is 2.04. The van der Waals surface area contributed by atoms with Gasteiger partial charge in [-0.1, -0.05) is 36.4 Å². The van der Waals surface area contributed by atoms with E-state index in [-0.39, 0.29) is 11.3 Å². The summed E-state index contributed by atoms with van der Waals surface area (Å²) >= 11 is 1.85. The number of pyridine rings is 1. The van der Waals surface area contributed by atoms with Gasteiger partial charge in [0.25, 0.3) is 0 Å². The van der Waals surface area contributed by atoms with Crippen LogP contribution in [0.4, 0.5) is 0 Å². The van der Waals surface area contributed by atoms with Gasteiger partial charge in [0.05, 0.1) is 10.9 Å². The molecule has 0 fully saturated rings. The third-order valence-electron chi connectivity index (χ3n) is 2.73. The molecule has 3 heteroatoms. The summed E-state index contributed by atoms with van der Waals surface area (Å²) in [5, 5.41) is 0.242. The monoisotopic (exact) mass is 258 g/mol. The SMILES string of the molecule is CC(N)C(SCc1ccccc1)c1ccccn1. The molecule has 18 heavy (non-hydrogen) atoms. The van der Waals surface area contributed by atoms with Gasteiger partial charge >= 0.3 is 0 Å². The van der Waals surface area contributed by atoms with E-state index in [0.29, 0.717) is 0 Å². The molecule has 0 amide bonds. The highest BCUT2D eigenvalue weighted by Crippen LogP contribution is 2.32. The van der Waals surface area contributed by atoms with Crippen LogP contribution in [0.15, 0.2) is 54.7 Å². The van der Waals surface area contributed by atoms with Gasteiger partial charge in [-0.2, -0.15) is 0 Å². The molecule has 94 valence electrons. The average molecular weight is 258 g/mol. The van der Waals surface area contributed by atoms with Crippen molar-refractivity contribution in [3.63, 3.8) is 0 Å². The van der Waals surface area contributed by atoms with Crippen LogP contribution in [-0.4, -0.2) is 11.0 Å². The summed E-state index contributed by atoms with van der Waals surface area (Å²) in [6, 6.07) is 16.5. The number of nitrogens with zero attached hydrogens (tertiary/aromatic N) is 1. The maximum atomic E-state index is 6.07. The lowest BCUT2D eigenvalue weighted by Crippen LogP contribution is -2.23. The van der Waals surface area contributed by atoms with Crippen LogP contribution in [0.25, 0.3) is 0 Å². The first-order valence-electron chi connectivity index (χ1n) is 6.09.